The van der Waals surface area contributed by atoms with Crippen LogP contribution in [0.2, 0.25) is 0 Å². The highest BCUT2D eigenvalue weighted by molar-refractivity contribution is 7.11. The Bertz CT molecular complexity index is 1370. The minimum atomic E-state index is -0.978. The number of benzene rings is 2. The minimum Gasteiger partial charge on any atom is -0.504 e. The van der Waals surface area contributed by atoms with Crippen LogP contribution in [0.3, 0.4) is 0 Å². The van der Waals surface area contributed by atoms with Crippen molar-refractivity contribution in [3.05, 3.63) is 63.4 Å². The molecule has 2 aliphatic heterocycles. The fourth-order valence-corrected chi connectivity index (χ4v) is 5.98. The van der Waals surface area contributed by atoms with Gasteiger partial charge in [-0.2, -0.15) is 0 Å². The summed E-state index contributed by atoms with van der Waals surface area (Å²) in [4.78, 5) is 0.936. The molecule has 176 valence electrons. The first-order valence-electron chi connectivity index (χ1n) is 11.3. The van der Waals surface area contributed by atoms with Crippen molar-refractivity contribution >= 4 is 34.4 Å². The van der Waals surface area contributed by atoms with Crippen LogP contribution in [0.1, 0.15) is 56.2 Å². The third kappa shape index (κ3) is 3.58. The smallest absolute Gasteiger partial charge is 0.172 e. The summed E-state index contributed by atoms with van der Waals surface area (Å²) in [5.74, 6) is 1.75. The number of methoxy groups -OCH3 is 1. The molecular weight excluding hydrogens is 446 g/mol. The molecule has 0 unspecified atom stereocenters. The van der Waals surface area contributed by atoms with Gasteiger partial charge in [-0.1, -0.05) is 12.1 Å². The first-order valence-corrected chi connectivity index (χ1v) is 12.1. The summed E-state index contributed by atoms with van der Waals surface area (Å²) in [7, 11) is 1.55. The number of phenols is 1. The van der Waals surface area contributed by atoms with Crippen LogP contribution in [0.15, 0.2) is 41.8 Å². The predicted molar refractivity (Wildman–Crippen MR) is 140 cm³/mol. The van der Waals surface area contributed by atoms with Gasteiger partial charge < -0.3 is 25.0 Å². The fourth-order valence-electron chi connectivity index (χ4n) is 5.01. The van der Waals surface area contributed by atoms with Crippen LogP contribution in [0.4, 0.5) is 5.69 Å². The van der Waals surface area contributed by atoms with Crippen LogP contribution >= 0.6 is 11.3 Å². The molecule has 2 aromatic carbocycles. The standard InChI is InChI=1S/C28H29NO4S/c1-15-14-27(2,3)29-18-8-7-16-24(23(15)18)21(13-22-17(11-12-34-22)28(4,5)31)33-20-10-9-19(30)26(32-6)25(16)20/h7-14,29-31H,1-6H3. The normalized spacial score (nSPS) is 17.1. The van der Waals surface area contributed by atoms with Gasteiger partial charge in [-0.25, -0.2) is 0 Å². The van der Waals surface area contributed by atoms with Gasteiger partial charge in [-0.05, 0) is 75.9 Å². The third-order valence-electron chi connectivity index (χ3n) is 6.29. The molecule has 0 amide bonds. The molecule has 0 radical (unpaired) electrons. The molecule has 34 heavy (non-hydrogen) atoms. The Kier molecular flexibility index (Phi) is 5.08. The Balaban J connectivity index is 1.83. The average molecular weight is 476 g/mol. The molecule has 1 aromatic heterocycles. The molecular formula is C28H29NO4S. The molecule has 3 heterocycles. The molecule has 0 aliphatic carbocycles. The lowest BCUT2D eigenvalue weighted by Crippen LogP contribution is -2.32. The highest BCUT2D eigenvalue weighted by Crippen LogP contribution is 2.54. The third-order valence-corrected chi connectivity index (χ3v) is 7.15. The highest BCUT2D eigenvalue weighted by atomic mass is 32.1. The van der Waals surface area contributed by atoms with Gasteiger partial charge in [-0.15, -0.1) is 11.3 Å². The maximum Gasteiger partial charge on any atom is 0.172 e. The molecule has 3 aromatic rings. The van der Waals surface area contributed by atoms with E-state index in [0.29, 0.717) is 17.3 Å². The average Bonchev–Trinajstić information content (AvgIpc) is 3.21. The first-order chi connectivity index (χ1) is 16.0. The predicted octanol–water partition coefficient (Wildman–Crippen LogP) is 6.85. The van der Waals surface area contributed by atoms with E-state index in [2.05, 4.69) is 44.3 Å². The summed E-state index contributed by atoms with van der Waals surface area (Å²) in [6, 6.07) is 9.43. The van der Waals surface area contributed by atoms with Crippen LogP contribution in [0, 0.1) is 0 Å². The lowest BCUT2D eigenvalue weighted by Gasteiger charge is -2.35. The SMILES string of the molecule is COc1c(O)ccc2c1-c1ccc3c(c1C(=Cc1sccc1C(C)(C)O)O2)C(C)=CC(C)(C)N3. The molecule has 0 saturated heterocycles. The lowest BCUT2D eigenvalue weighted by atomic mass is 9.83. The van der Waals surface area contributed by atoms with Crippen molar-refractivity contribution in [1.29, 1.82) is 0 Å². The fraction of sp³-hybridized carbons (Fsp3) is 0.286. The van der Waals surface area contributed by atoms with Crippen LogP contribution in [0.25, 0.3) is 28.5 Å². The van der Waals surface area contributed by atoms with Crippen molar-refractivity contribution in [2.75, 3.05) is 12.4 Å². The molecule has 6 heteroatoms. The minimum absolute atomic E-state index is 0.0649. The second-order valence-electron chi connectivity index (χ2n) is 9.94. The van der Waals surface area contributed by atoms with Gasteiger partial charge in [0.15, 0.2) is 11.5 Å². The van der Waals surface area contributed by atoms with Gasteiger partial charge in [0.1, 0.15) is 11.5 Å². The Morgan fingerprint density at radius 3 is 2.56 bits per heavy atom. The van der Waals surface area contributed by atoms with Gasteiger partial charge >= 0.3 is 0 Å². The van der Waals surface area contributed by atoms with E-state index in [-0.39, 0.29) is 11.3 Å². The van der Waals surface area contributed by atoms with E-state index in [9.17, 15) is 10.2 Å². The van der Waals surface area contributed by atoms with Crippen molar-refractivity contribution in [1.82, 2.24) is 0 Å². The maximum absolute atomic E-state index is 10.7. The summed E-state index contributed by atoms with van der Waals surface area (Å²) < 4.78 is 12.1. The number of allylic oxidation sites excluding steroid dienone is 1. The van der Waals surface area contributed by atoms with Gasteiger partial charge in [0.2, 0.25) is 0 Å². The lowest BCUT2D eigenvalue weighted by molar-refractivity contribution is 0.0789. The summed E-state index contributed by atoms with van der Waals surface area (Å²) in [5.41, 5.74) is 5.49. The largest absolute Gasteiger partial charge is 0.504 e. The van der Waals surface area contributed by atoms with Crippen molar-refractivity contribution < 1.29 is 19.7 Å². The topological polar surface area (TPSA) is 71.0 Å². The molecule has 5 nitrogen and oxygen atoms in total. The van der Waals surface area contributed by atoms with E-state index in [1.165, 1.54) is 0 Å². The zero-order chi connectivity index (χ0) is 24.4. The van der Waals surface area contributed by atoms with Crippen LogP contribution in [0.5, 0.6) is 17.2 Å². The first kappa shape index (κ1) is 22.6. The summed E-state index contributed by atoms with van der Waals surface area (Å²) >= 11 is 1.56. The molecule has 2 aliphatic rings. The Labute approximate surface area is 204 Å². The van der Waals surface area contributed by atoms with Crippen LogP contribution in [-0.4, -0.2) is 22.9 Å². The van der Waals surface area contributed by atoms with E-state index < -0.39 is 5.60 Å². The van der Waals surface area contributed by atoms with Gasteiger partial charge in [0.05, 0.1) is 23.8 Å². The number of thiophene rings is 1. The number of hydrogen-bond acceptors (Lipinski definition) is 6. The number of phenolic OH excluding ortho intramolecular Hbond substituents is 1. The molecule has 3 N–H and O–H groups in total. The van der Waals surface area contributed by atoms with Crippen molar-refractivity contribution in [3.8, 4) is 28.4 Å². The van der Waals surface area contributed by atoms with Crippen LogP contribution < -0.4 is 14.8 Å². The number of nitrogens with one attached hydrogen (secondary N) is 1. The van der Waals surface area contributed by atoms with Crippen molar-refractivity contribution in [3.63, 3.8) is 0 Å². The number of aromatic hydroxyl groups is 1. The molecule has 0 spiro atoms. The highest BCUT2D eigenvalue weighted by Gasteiger charge is 2.34. The second-order valence-corrected chi connectivity index (χ2v) is 10.9. The molecule has 0 saturated carbocycles. The van der Waals surface area contributed by atoms with Crippen molar-refractivity contribution in [2.45, 2.75) is 45.8 Å². The van der Waals surface area contributed by atoms with Crippen LogP contribution in [-0.2, 0) is 5.60 Å². The number of rotatable bonds is 3. The zero-order valence-corrected chi connectivity index (χ0v) is 21.1. The number of ether oxygens (including phenoxy) is 2. The summed E-state index contributed by atoms with van der Waals surface area (Å²) in [5, 5.41) is 26.8. The van der Waals surface area contributed by atoms with Crippen molar-refractivity contribution in [2.24, 2.45) is 0 Å². The monoisotopic (exact) mass is 475 g/mol. The zero-order valence-electron chi connectivity index (χ0n) is 20.2. The molecule has 0 atom stereocenters. The van der Waals surface area contributed by atoms with Gasteiger partial charge in [-0.3, -0.25) is 0 Å². The number of hydrogen-bond donors (Lipinski definition) is 3. The quantitative estimate of drug-likeness (QED) is 0.386. The second kappa shape index (κ2) is 7.65. The number of aliphatic hydroxyl groups is 1. The summed E-state index contributed by atoms with van der Waals surface area (Å²) in [6.07, 6.45) is 4.22. The Hall–Kier alpha value is -3.22. The van der Waals surface area contributed by atoms with Gasteiger partial charge in [0.25, 0.3) is 0 Å². The number of fused-ring (bicyclic) bond motifs is 5. The van der Waals surface area contributed by atoms with E-state index >= 15 is 0 Å². The molecule has 0 bridgehead atoms. The molecule has 0 fully saturated rings. The van der Waals surface area contributed by atoms with E-state index in [4.69, 9.17) is 9.47 Å². The Morgan fingerprint density at radius 2 is 1.85 bits per heavy atom. The maximum atomic E-state index is 10.7. The van der Waals surface area contributed by atoms with E-state index in [1.54, 1.807) is 44.4 Å². The van der Waals surface area contributed by atoms with E-state index in [1.807, 2.05) is 17.5 Å². The summed E-state index contributed by atoms with van der Waals surface area (Å²) in [6.45, 7) is 9.97. The van der Waals surface area contributed by atoms with E-state index in [0.717, 1.165) is 44.0 Å². The number of anilines is 1. The molecule has 5 rings (SSSR count). The Morgan fingerprint density at radius 1 is 1.09 bits per heavy atom. The van der Waals surface area contributed by atoms with Gasteiger partial charge in [0, 0.05) is 32.8 Å².